The van der Waals surface area contributed by atoms with E-state index in [2.05, 4.69) is 10.3 Å². The van der Waals surface area contributed by atoms with Gasteiger partial charge in [0.25, 0.3) is 0 Å². The molecule has 2 heterocycles. The van der Waals surface area contributed by atoms with E-state index in [0.29, 0.717) is 5.54 Å². The number of likely N-dealkylation sites (tertiary alicyclic amines) is 1. The third-order valence-electron chi connectivity index (χ3n) is 4.50. The predicted molar refractivity (Wildman–Crippen MR) is 79.5 cm³/mol. The fraction of sp³-hybridized carbons (Fsp3) is 0.857. The van der Waals surface area contributed by atoms with Crippen LogP contribution in [0.4, 0.5) is 0 Å². The van der Waals surface area contributed by atoms with E-state index >= 15 is 0 Å². The van der Waals surface area contributed by atoms with Crippen molar-refractivity contribution in [2.45, 2.75) is 57.0 Å². The van der Waals surface area contributed by atoms with Gasteiger partial charge in [0, 0.05) is 24.4 Å². The molecule has 3 rings (SSSR count). The van der Waals surface area contributed by atoms with Crippen LogP contribution in [0.3, 0.4) is 0 Å². The molecule has 0 aromatic carbocycles. The fourth-order valence-corrected chi connectivity index (χ4v) is 4.62. The lowest BCUT2D eigenvalue weighted by atomic mass is 10.0. The van der Waals surface area contributed by atoms with Crippen molar-refractivity contribution in [3.63, 3.8) is 0 Å². The van der Waals surface area contributed by atoms with E-state index in [0.717, 1.165) is 36.9 Å². The van der Waals surface area contributed by atoms with E-state index in [-0.39, 0.29) is 11.9 Å². The third kappa shape index (κ3) is 2.76. The lowest BCUT2D eigenvalue weighted by Gasteiger charge is -2.22. The molecule has 1 unspecified atom stereocenters. The first-order valence-electron chi connectivity index (χ1n) is 7.46. The molecule has 3 fully saturated rings. The highest BCUT2D eigenvalue weighted by atomic mass is 32.2. The summed E-state index contributed by atoms with van der Waals surface area (Å²) in [5.74, 6) is 1.32. The lowest BCUT2D eigenvalue weighted by molar-refractivity contribution is -0.131. The molecule has 4 nitrogen and oxygen atoms in total. The molecule has 1 atom stereocenters. The number of hydrogen-bond acceptors (Lipinski definition) is 3. The van der Waals surface area contributed by atoms with Crippen molar-refractivity contribution >= 4 is 22.8 Å². The van der Waals surface area contributed by atoms with Gasteiger partial charge in [-0.05, 0) is 32.6 Å². The Balaban J connectivity index is 1.60. The molecule has 0 aromatic heterocycles. The second kappa shape index (κ2) is 5.35. The van der Waals surface area contributed by atoms with Crippen LogP contribution < -0.4 is 5.32 Å². The standard InChI is InChI=1S/C14H23N3OS/c1-11(12(18)17-8-4-5-9-17)15-13-16-14(10-19-13)6-2-3-7-14/h11H,2-10H2,1H3,(H,15,16). The van der Waals surface area contributed by atoms with E-state index < -0.39 is 0 Å². The van der Waals surface area contributed by atoms with Crippen molar-refractivity contribution < 1.29 is 4.79 Å². The number of aliphatic imine (C=N–C) groups is 1. The number of rotatable bonds is 2. The molecule has 2 aliphatic heterocycles. The van der Waals surface area contributed by atoms with Crippen LogP contribution in [0.1, 0.15) is 45.4 Å². The molecule has 0 aromatic rings. The van der Waals surface area contributed by atoms with Crippen molar-refractivity contribution in [2.75, 3.05) is 18.8 Å². The highest BCUT2D eigenvalue weighted by molar-refractivity contribution is 8.14. The maximum atomic E-state index is 12.2. The summed E-state index contributed by atoms with van der Waals surface area (Å²) < 4.78 is 0. The average molecular weight is 281 g/mol. The Kier molecular flexibility index (Phi) is 3.74. The molecule has 0 radical (unpaired) electrons. The highest BCUT2D eigenvalue weighted by Gasteiger charge is 2.40. The first-order chi connectivity index (χ1) is 9.19. The van der Waals surface area contributed by atoms with E-state index in [1.54, 1.807) is 11.8 Å². The lowest BCUT2D eigenvalue weighted by Crippen LogP contribution is -2.41. The molecule has 3 aliphatic rings. The summed E-state index contributed by atoms with van der Waals surface area (Å²) in [5.41, 5.74) is 0.292. The number of amidine groups is 1. The zero-order chi connectivity index (χ0) is 13.3. The number of carbonyl (C=O) groups excluding carboxylic acids is 1. The number of nitrogens with one attached hydrogen (secondary N) is 1. The normalized spacial score (nSPS) is 29.1. The largest absolute Gasteiger partial charge is 0.359 e. The second-order valence-corrected chi connectivity index (χ2v) is 7.01. The van der Waals surface area contributed by atoms with Crippen LogP contribution in [0.25, 0.3) is 0 Å². The molecule has 1 amide bonds. The van der Waals surface area contributed by atoms with Gasteiger partial charge in [-0.1, -0.05) is 24.6 Å². The molecular formula is C14H23N3OS. The van der Waals surface area contributed by atoms with Gasteiger partial charge in [-0.2, -0.15) is 0 Å². The molecule has 19 heavy (non-hydrogen) atoms. The molecular weight excluding hydrogens is 258 g/mol. The van der Waals surface area contributed by atoms with Crippen LogP contribution in [0.5, 0.6) is 0 Å². The van der Waals surface area contributed by atoms with E-state index in [1.165, 1.54) is 25.7 Å². The van der Waals surface area contributed by atoms with E-state index in [9.17, 15) is 4.79 Å². The average Bonchev–Trinajstić information content (AvgIpc) is 3.13. The van der Waals surface area contributed by atoms with Crippen molar-refractivity contribution in [1.29, 1.82) is 0 Å². The van der Waals surface area contributed by atoms with Crippen LogP contribution in [0.15, 0.2) is 4.99 Å². The molecule has 1 saturated carbocycles. The molecule has 1 aliphatic carbocycles. The molecule has 1 spiro atoms. The minimum absolute atomic E-state index is 0.194. The zero-order valence-electron chi connectivity index (χ0n) is 11.7. The van der Waals surface area contributed by atoms with Crippen molar-refractivity contribution in [3.8, 4) is 0 Å². The Morgan fingerprint density at radius 3 is 2.68 bits per heavy atom. The van der Waals surface area contributed by atoms with Gasteiger partial charge in [0.05, 0.1) is 0 Å². The smallest absolute Gasteiger partial charge is 0.247 e. The van der Waals surface area contributed by atoms with Crippen LogP contribution in [-0.4, -0.2) is 46.4 Å². The number of thioether (sulfide) groups is 1. The van der Waals surface area contributed by atoms with Gasteiger partial charge >= 0.3 is 0 Å². The highest BCUT2D eigenvalue weighted by Crippen LogP contribution is 2.37. The van der Waals surface area contributed by atoms with Gasteiger partial charge in [0.2, 0.25) is 5.91 Å². The topological polar surface area (TPSA) is 44.7 Å². The quantitative estimate of drug-likeness (QED) is 0.842. The number of nitrogens with zero attached hydrogens (tertiary/aromatic N) is 2. The molecule has 1 N–H and O–H groups in total. The summed E-state index contributed by atoms with van der Waals surface area (Å²) in [6.07, 6.45) is 7.45. The second-order valence-electron chi connectivity index (χ2n) is 6.04. The first-order valence-corrected chi connectivity index (χ1v) is 8.45. The Hall–Kier alpha value is -0.710. The Morgan fingerprint density at radius 1 is 1.32 bits per heavy atom. The van der Waals surface area contributed by atoms with E-state index in [1.807, 2.05) is 11.8 Å². The summed E-state index contributed by atoms with van der Waals surface area (Å²) in [7, 11) is 0. The molecule has 2 saturated heterocycles. The monoisotopic (exact) mass is 281 g/mol. The zero-order valence-corrected chi connectivity index (χ0v) is 12.5. The minimum Gasteiger partial charge on any atom is -0.359 e. The van der Waals surface area contributed by atoms with Gasteiger partial charge in [-0.15, -0.1) is 0 Å². The minimum atomic E-state index is -0.232. The van der Waals surface area contributed by atoms with Gasteiger partial charge in [-0.25, -0.2) is 4.99 Å². The first kappa shape index (κ1) is 13.3. The molecule has 0 bridgehead atoms. The van der Waals surface area contributed by atoms with Crippen molar-refractivity contribution in [3.05, 3.63) is 0 Å². The van der Waals surface area contributed by atoms with E-state index in [4.69, 9.17) is 0 Å². The van der Waals surface area contributed by atoms with Crippen LogP contribution in [-0.2, 0) is 4.79 Å². The Bertz CT molecular complexity index is 384. The third-order valence-corrected chi connectivity index (χ3v) is 5.68. The Labute approximate surface area is 119 Å². The van der Waals surface area contributed by atoms with Crippen LogP contribution in [0, 0.1) is 0 Å². The van der Waals surface area contributed by atoms with Gasteiger partial charge < -0.3 is 10.2 Å². The number of carbonyl (C=O) groups is 1. The van der Waals surface area contributed by atoms with Gasteiger partial charge in [-0.3, -0.25) is 4.79 Å². The molecule has 106 valence electrons. The van der Waals surface area contributed by atoms with Crippen molar-refractivity contribution in [2.24, 2.45) is 4.99 Å². The SMILES string of the molecule is CC(N=C1NC2(CCCC2)CS1)C(=O)N1CCCC1. The van der Waals surface area contributed by atoms with Gasteiger partial charge in [0.1, 0.15) is 6.04 Å². The summed E-state index contributed by atoms with van der Waals surface area (Å²) in [4.78, 5) is 18.8. The summed E-state index contributed by atoms with van der Waals surface area (Å²) >= 11 is 1.79. The summed E-state index contributed by atoms with van der Waals surface area (Å²) in [6, 6.07) is -0.232. The van der Waals surface area contributed by atoms with Gasteiger partial charge in [0.15, 0.2) is 5.17 Å². The van der Waals surface area contributed by atoms with Crippen LogP contribution in [0.2, 0.25) is 0 Å². The summed E-state index contributed by atoms with van der Waals surface area (Å²) in [5, 5.41) is 4.57. The maximum Gasteiger partial charge on any atom is 0.247 e. The summed E-state index contributed by atoms with van der Waals surface area (Å²) in [6.45, 7) is 3.76. The molecule has 5 heteroatoms. The number of amides is 1. The van der Waals surface area contributed by atoms with Crippen molar-refractivity contribution in [1.82, 2.24) is 10.2 Å². The predicted octanol–water partition coefficient (Wildman–Crippen LogP) is 2.00. The Morgan fingerprint density at radius 2 is 2.00 bits per heavy atom. The van der Waals surface area contributed by atoms with Crippen LogP contribution >= 0.6 is 11.8 Å². The fourth-order valence-electron chi connectivity index (χ4n) is 3.33. The number of hydrogen-bond donors (Lipinski definition) is 1. The maximum absolute atomic E-state index is 12.2.